The van der Waals surface area contributed by atoms with Gasteiger partial charge in [-0.2, -0.15) is 15.5 Å². The molecule has 0 amide bonds. The summed E-state index contributed by atoms with van der Waals surface area (Å²) in [7, 11) is 4.35. The van der Waals surface area contributed by atoms with E-state index in [4.69, 9.17) is 19.9 Å². The molecule has 2 N–H and O–H groups in total. The molecular formula is C16H14N4O3. The number of pyridine rings is 1. The SMILES string of the molecule is COc1cccc(-c2c(C#N)c(N)nc(OC)c2C#N)c1OC. The van der Waals surface area contributed by atoms with Gasteiger partial charge in [0.25, 0.3) is 0 Å². The first-order valence-electron chi connectivity index (χ1n) is 6.51. The first kappa shape index (κ1) is 15.9. The van der Waals surface area contributed by atoms with Crippen molar-refractivity contribution in [3.63, 3.8) is 0 Å². The number of hydrogen-bond acceptors (Lipinski definition) is 7. The van der Waals surface area contributed by atoms with E-state index in [9.17, 15) is 10.5 Å². The van der Waals surface area contributed by atoms with Crippen molar-refractivity contribution in [3.8, 4) is 40.6 Å². The Morgan fingerprint density at radius 1 is 1.00 bits per heavy atom. The highest BCUT2D eigenvalue weighted by Gasteiger charge is 2.24. The number of ether oxygens (including phenoxy) is 3. The monoisotopic (exact) mass is 310 g/mol. The van der Waals surface area contributed by atoms with E-state index in [1.54, 1.807) is 18.2 Å². The molecule has 0 bridgehead atoms. The second-order valence-corrected chi connectivity index (χ2v) is 4.40. The molecule has 1 aromatic carbocycles. The van der Waals surface area contributed by atoms with Crippen LogP contribution < -0.4 is 19.9 Å². The lowest BCUT2D eigenvalue weighted by Gasteiger charge is -2.16. The number of benzene rings is 1. The van der Waals surface area contributed by atoms with Crippen LogP contribution in [0.3, 0.4) is 0 Å². The Balaban J connectivity index is 2.97. The van der Waals surface area contributed by atoms with Gasteiger partial charge in [0.2, 0.25) is 5.88 Å². The van der Waals surface area contributed by atoms with Crippen molar-refractivity contribution >= 4 is 5.82 Å². The molecule has 23 heavy (non-hydrogen) atoms. The predicted octanol–water partition coefficient (Wildman–Crippen LogP) is 2.10. The number of nitrogen functional groups attached to an aromatic ring is 1. The minimum atomic E-state index is -0.0248. The Morgan fingerprint density at radius 2 is 1.70 bits per heavy atom. The molecule has 0 aliphatic rings. The van der Waals surface area contributed by atoms with Gasteiger partial charge in [-0.25, -0.2) is 0 Å². The van der Waals surface area contributed by atoms with Gasteiger partial charge in [-0.15, -0.1) is 0 Å². The summed E-state index contributed by atoms with van der Waals surface area (Å²) in [6.07, 6.45) is 0. The van der Waals surface area contributed by atoms with Crippen LogP contribution in [-0.4, -0.2) is 26.3 Å². The van der Waals surface area contributed by atoms with Gasteiger partial charge in [0, 0.05) is 11.1 Å². The Bertz CT molecular complexity index is 835. The van der Waals surface area contributed by atoms with Crippen LogP contribution in [0.2, 0.25) is 0 Å². The van der Waals surface area contributed by atoms with E-state index in [0.29, 0.717) is 22.6 Å². The third-order valence-corrected chi connectivity index (χ3v) is 3.28. The Kier molecular flexibility index (Phi) is 4.53. The molecule has 0 aliphatic carbocycles. The summed E-state index contributed by atoms with van der Waals surface area (Å²) in [4.78, 5) is 3.96. The lowest BCUT2D eigenvalue weighted by Crippen LogP contribution is -2.05. The maximum atomic E-state index is 9.50. The molecule has 0 atom stereocenters. The van der Waals surface area contributed by atoms with E-state index in [1.165, 1.54) is 21.3 Å². The standard InChI is InChI=1S/C16H14N4O3/c1-21-12-6-4-5-9(14(12)22-2)13-10(7-17)15(19)20-16(23-3)11(13)8-18/h4-6H,1-3H3,(H2,19,20). The fourth-order valence-corrected chi connectivity index (χ4v) is 2.30. The van der Waals surface area contributed by atoms with Crippen LogP contribution in [0.15, 0.2) is 18.2 Å². The summed E-state index contributed by atoms with van der Waals surface area (Å²) in [6, 6.07) is 9.14. The van der Waals surface area contributed by atoms with Gasteiger partial charge in [-0.05, 0) is 6.07 Å². The number of methoxy groups -OCH3 is 3. The highest BCUT2D eigenvalue weighted by molar-refractivity contribution is 5.86. The summed E-state index contributed by atoms with van der Waals surface area (Å²) in [5, 5.41) is 18.9. The molecule has 0 radical (unpaired) electrons. The Morgan fingerprint density at radius 3 is 2.22 bits per heavy atom. The van der Waals surface area contributed by atoms with Gasteiger partial charge in [0.15, 0.2) is 11.5 Å². The number of aromatic nitrogens is 1. The van der Waals surface area contributed by atoms with Crippen molar-refractivity contribution in [3.05, 3.63) is 29.3 Å². The Labute approximate surface area is 133 Å². The van der Waals surface area contributed by atoms with Gasteiger partial charge in [0.05, 0.1) is 21.3 Å². The molecule has 7 nitrogen and oxygen atoms in total. The smallest absolute Gasteiger partial charge is 0.234 e. The number of anilines is 1. The molecule has 0 unspecified atom stereocenters. The molecule has 1 aromatic heterocycles. The third-order valence-electron chi connectivity index (χ3n) is 3.28. The zero-order valence-electron chi connectivity index (χ0n) is 12.9. The average molecular weight is 310 g/mol. The first-order valence-corrected chi connectivity index (χ1v) is 6.51. The quantitative estimate of drug-likeness (QED) is 0.919. The molecular weight excluding hydrogens is 296 g/mol. The molecule has 1 heterocycles. The Hall–Kier alpha value is -3.45. The summed E-state index contributed by atoms with van der Waals surface area (Å²) in [6.45, 7) is 0. The van der Waals surface area contributed by atoms with Crippen LogP contribution in [0.5, 0.6) is 17.4 Å². The van der Waals surface area contributed by atoms with E-state index in [-0.39, 0.29) is 22.8 Å². The summed E-state index contributed by atoms with van der Waals surface area (Å²) in [5.41, 5.74) is 6.81. The molecule has 116 valence electrons. The van der Waals surface area contributed by atoms with Gasteiger partial charge < -0.3 is 19.9 Å². The van der Waals surface area contributed by atoms with Crippen LogP contribution in [0.4, 0.5) is 5.82 Å². The van der Waals surface area contributed by atoms with Gasteiger partial charge in [-0.1, -0.05) is 12.1 Å². The van der Waals surface area contributed by atoms with Crippen LogP contribution in [0, 0.1) is 22.7 Å². The molecule has 2 rings (SSSR count). The number of nitrogens with zero attached hydrogens (tertiary/aromatic N) is 3. The van der Waals surface area contributed by atoms with Crippen molar-refractivity contribution in [1.82, 2.24) is 4.98 Å². The molecule has 0 spiro atoms. The largest absolute Gasteiger partial charge is 0.493 e. The van der Waals surface area contributed by atoms with Crippen LogP contribution in [-0.2, 0) is 0 Å². The number of para-hydroxylation sites is 1. The zero-order chi connectivity index (χ0) is 17.0. The highest BCUT2D eigenvalue weighted by Crippen LogP contribution is 2.43. The molecule has 0 saturated carbocycles. The van der Waals surface area contributed by atoms with Gasteiger partial charge in [0.1, 0.15) is 29.1 Å². The number of nitriles is 2. The van der Waals surface area contributed by atoms with Crippen molar-refractivity contribution in [2.75, 3.05) is 27.1 Å². The fourth-order valence-electron chi connectivity index (χ4n) is 2.30. The topological polar surface area (TPSA) is 114 Å². The summed E-state index contributed by atoms with van der Waals surface area (Å²) < 4.78 is 15.8. The number of nitrogens with two attached hydrogens (primary N) is 1. The summed E-state index contributed by atoms with van der Waals surface area (Å²) in [5.74, 6) is 0.870. The van der Waals surface area contributed by atoms with E-state index >= 15 is 0 Å². The molecule has 0 saturated heterocycles. The molecule has 0 fully saturated rings. The normalized spacial score (nSPS) is 9.61. The lowest BCUT2D eigenvalue weighted by atomic mass is 9.95. The van der Waals surface area contributed by atoms with E-state index in [2.05, 4.69) is 4.98 Å². The van der Waals surface area contributed by atoms with Crippen molar-refractivity contribution in [2.45, 2.75) is 0 Å². The van der Waals surface area contributed by atoms with Gasteiger partial charge in [-0.3, -0.25) is 0 Å². The van der Waals surface area contributed by atoms with Crippen molar-refractivity contribution in [1.29, 1.82) is 10.5 Å². The minimum Gasteiger partial charge on any atom is -0.493 e. The molecule has 7 heteroatoms. The third kappa shape index (κ3) is 2.56. The predicted molar refractivity (Wildman–Crippen MR) is 83.2 cm³/mol. The van der Waals surface area contributed by atoms with E-state index < -0.39 is 0 Å². The molecule has 2 aromatic rings. The lowest BCUT2D eigenvalue weighted by molar-refractivity contribution is 0.356. The van der Waals surface area contributed by atoms with E-state index in [0.717, 1.165) is 0 Å². The molecule has 0 aliphatic heterocycles. The van der Waals surface area contributed by atoms with Crippen LogP contribution in [0.1, 0.15) is 11.1 Å². The van der Waals surface area contributed by atoms with Crippen molar-refractivity contribution in [2.24, 2.45) is 0 Å². The number of hydrogen-bond donors (Lipinski definition) is 1. The average Bonchev–Trinajstić information content (AvgIpc) is 2.59. The second-order valence-electron chi connectivity index (χ2n) is 4.40. The highest BCUT2D eigenvalue weighted by atomic mass is 16.5. The fraction of sp³-hybridized carbons (Fsp3) is 0.188. The van der Waals surface area contributed by atoms with E-state index in [1.807, 2.05) is 12.1 Å². The summed E-state index contributed by atoms with van der Waals surface area (Å²) >= 11 is 0. The van der Waals surface area contributed by atoms with Crippen LogP contribution >= 0.6 is 0 Å². The first-order chi connectivity index (χ1) is 11.1. The van der Waals surface area contributed by atoms with Crippen molar-refractivity contribution < 1.29 is 14.2 Å². The maximum absolute atomic E-state index is 9.50. The maximum Gasteiger partial charge on any atom is 0.234 e. The second kappa shape index (κ2) is 6.54. The number of rotatable bonds is 4. The van der Waals surface area contributed by atoms with Gasteiger partial charge >= 0.3 is 0 Å². The zero-order valence-corrected chi connectivity index (χ0v) is 12.9. The minimum absolute atomic E-state index is 0.0248. The van der Waals surface area contributed by atoms with Crippen LogP contribution in [0.25, 0.3) is 11.1 Å².